The molecule has 0 radical (unpaired) electrons. The normalized spacial score (nSPS) is 15.9. The molecule has 1 aliphatic rings. The lowest BCUT2D eigenvalue weighted by Crippen LogP contribution is -2.34. The number of nitrogens with one attached hydrogen (secondary N) is 1. The smallest absolute Gasteiger partial charge is 0.412 e. The Kier molecular flexibility index (Phi) is 2.75. The number of benzene rings is 2. The lowest BCUT2D eigenvalue weighted by molar-refractivity contribution is 0.0421. The average Bonchev–Trinajstić information content (AvgIpc) is 2.83. The van der Waals surface area contributed by atoms with E-state index in [1.54, 1.807) is 0 Å². The van der Waals surface area contributed by atoms with Crippen molar-refractivity contribution < 1.29 is 9.53 Å². The van der Waals surface area contributed by atoms with Gasteiger partial charge in [0.2, 0.25) is 0 Å². The van der Waals surface area contributed by atoms with Gasteiger partial charge in [-0.3, -0.25) is 5.32 Å². The maximum Gasteiger partial charge on any atom is 0.412 e. The summed E-state index contributed by atoms with van der Waals surface area (Å²) in [6.45, 7) is 3.77. The Morgan fingerprint density at radius 3 is 2.65 bits per heavy atom. The number of nitrogens with zero attached hydrogens (tertiary/aromatic N) is 2. The first-order valence-electron chi connectivity index (χ1n) is 7.52. The van der Waals surface area contributed by atoms with E-state index in [1.165, 1.54) is 0 Å². The molecule has 5 nitrogen and oxygen atoms in total. The third kappa shape index (κ3) is 2.08. The van der Waals surface area contributed by atoms with Gasteiger partial charge in [0.05, 0.1) is 16.7 Å². The maximum absolute atomic E-state index is 11.7. The summed E-state index contributed by atoms with van der Waals surface area (Å²) in [4.78, 5) is 16.5. The first-order valence-corrected chi connectivity index (χ1v) is 7.52. The van der Waals surface area contributed by atoms with Gasteiger partial charge in [-0.05, 0) is 26.0 Å². The second-order valence-electron chi connectivity index (χ2n) is 6.27. The van der Waals surface area contributed by atoms with E-state index in [9.17, 15) is 4.79 Å². The number of imidazole rings is 1. The molecular formula is C18H17N3O2. The van der Waals surface area contributed by atoms with Gasteiger partial charge in [0.15, 0.2) is 0 Å². The van der Waals surface area contributed by atoms with E-state index in [4.69, 9.17) is 9.72 Å². The van der Waals surface area contributed by atoms with Gasteiger partial charge < -0.3 is 9.30 Å². The number of cyclic esters (lactones) is 1. The minimum atomic E-state index is -0.670. The van der Waals surface area contributed by atoms with Crippen LogP contribution in [0.5, 0.6) is 0 Å². The molecule has 2 aromatic carbocycles. The molecule has 1 aromatic heterocycles. The van der Waals surface area contributed by atoms with E-state index in [-0.39, 0.29) is 0 Å². The van der Waals surface area contributed by atoms with Gasteiger partial charge in [0, 0.05) is 18.2 Å². The summed E-state index contributed by atoms with van der Waals surface area (Å²) < 4.78 is 7.43. The van der Waals surface area contributed by atoms with E-state index in [0.717, 1.165) is 33.7 Å². The minimum Gasteiger partial charge on any atom is -0.438 e. The van der Waals surface area contributed by atoms with Crippen LogP contribution < -0.4 is 5.32 Å². The molecular weight excluding hydrogens is 290 g/mol. The van der Waals surface area contributed by atoms with Crippen LogP contribution in [-0.2, 0) is 17.4 Å². The van der Waals surface area contributed by atoms with Crippen molar-refractivity contribution in [2.45, 2.75) is 19.4 Å². The number of carbonyl (C=O) groups excluding carboxylic acids is 1. The first-order chi connectivity index (χ1) is 11.0. The summed E-state index contributed by atoms with van der Waals surface area (Å²) in [5.74, 6) is 0.896. The highest BCUT2D eigenvalue weighted by atomic mass is 16.6. The van der Waals surface area contributed by atoms with Crippen LogP contribution in [0.25, 0.3) is 22.4 Å². The zero-order valence-electron chi connectivity index (χ0n) is 13.3. The first kappa shape index (κ1) is 13.8. The predicted molar refractivity (Wildman–Crippen MR) is 89.3 cm³/mol. The van der Waals surface area contributed by atoms with Gasteiger partial charge in [0.25, 0.3) is 0 Å². The van der Waals surface area contributed by atoms with Crippen LogP contribution in [0.4, 0.5) is 10.5 Å². The van der Waals surface area contributed by atoms with Crippen molar-refractivity contribution in [2.75, 3.05) is 5.32 Å². The average molecular weight is 307 g/mol. The lowest BCUT2D eigenvalue weighted by Gasteiger charge is -2.32. The minimum absolute atomic E-state index is 0.424. The highest BCUT2D eigenvalue weighted by molar-refractivity contribution is 5.94. The summed E-state index contributed by atoms with van der Waals surface area (Å²) in [5, 5.41) is 2.78. The molecule has 5 heteroatoms. The van der Waals surface area contributed by atoms with Crippen LogP contribution in [0.1, 0.15) is 19.4 Å². The van der Waals surface area contributed by atoms with Crippen LogP contribution in [0.3, 0.4) is 0 Å². The molecule has 0 spiro atoms. The number of carbonyl (C=O) groups is 1. The second kappa shape index (κ2) is 4.59. The SMILES string of the molecule is Cn1c(-c2ccccc2)nc2cc3c(cc21)NC(=O)OC3(C)C. The second-order valence-corrected chi connectivity index (χ2v) is 6.27. The quantitative estimate of drug-likeness (QED) is 0.738. The number of aryl methyl sites for hydroxylation is 1. The van der Waals surface area contributed by atoms with Crippen molar-refractivity contribution in [3.63, 3.8) is 0 Å². The Balaban J connectivity index is 1.96. The van der Waals surface area contributed by atoms with Crippen LogP contribution in [-0.4, -0.2) is 15.6 Å². The molecule has 23 heavy (non-hydrogen) atoms. The van der Waals surface area contributed by atoms with Gasteiger partial charge in [-0.25, -0.2) is 9.78 Å². The van der Waals surface area contributed by atoms with Gasteiger partial charge in [-0.2, -0.15) is 0 Å². The molecule has 0 atom stereocenters. The Morgan fingerprint density at radius 1 is 1.17 bits per heavy atom. The highest BCUT2D eigenvalue weighted by Gasteiger charge is 2.34. The fourth-order valence-electron chi connectivity index (χ4n) is 3.11. The van der Waals surface area contributed by atoms with E-state index in [0.29, 0.717) is 0 Å². The van der Waals surface area contributed by atoms with E-state index < -0.39 is 11.7 Å². The fraction of sp³-hybridized carbons (Fsp3) is 0.222. The molecule has 0 bridgehead atoms. The molecule has 0 saturated heterocycles. The van der Waals surface area contributed by atoms with Crippen LogP contribution in [0.15, 0.2) is 42.5 Å². The maximum atomic E-state index is 11.7. The summed E-state index contributed by atoms with van der Waals surface area (Å²) in [7, 11) is 1.98. The standard InChI is InChI=1S/C18H17N3O2/c1-18(2)12-9-14-15(10-13(12)20-17(22)23-18)21(3)16(19-14)11-7-5-4-6-8-11/h4-10H,1-3H3,(H,20,22). The topological polar surface area (TPSA) is 56.2 Å². The van der Waals surface area contributed by atoms with Crippen molar-refractivity contribution >= 4 is 22.8 Å². The third-order valence-corrected chi connectivity index (χ3v) is 4.29. The zero-order valence-corrected chi connectivity index (χ0v) is 13.3. The molecule has 0 aliphatic carbocycles. The number of hydrogen-bond acceptors (Lipinski definition) is 3. The Labute approximate surface area is 133 Å². The number of fused-ring (bicyclic) bond motifs is 2. The fourth-order valence-corrected chi connectivity index (χ4v) is 3.11. The molecule has 1 amide bonds. The van der Waals surface area contributed by atoms with Gasteiger partial charge in [-0.1, -0.05) is 30.3 Å². The van der Waals surface area contributed by atoms with E-state index >= 15 is 0 Å². The lowest BCUT2D eigenvalue weighted by atomic mass is 9.94. The molecule has 1 N–H and O–H groups in total. The van der Waals surface area contributed by atoms with Crippen LogP contribution >= 0.6 is 0 Å². The Bertz CT molecular complexity index is 926. The molecule has 2 heterocycles. The van der Waals surface area contributed by atoms with Gasteiger partial charge >= 0.3 is 6.09 Å². The number of anilines is 1. The van der Waals surface area contributed by atoms with Crippen LogP contribution in [0, 0.1) is 0 Å². The van der Waals surface area contributed by atoms with Gasteiger partial charge in [-0.15, -0.1) is 0 Å². The van der Waals surface area contributed by atoms with Gasteiger partial charge in [0.1, 0.15) is 11.4 Å². The van der Waals surface area contributed by atoms with E-state index in [2.05, 4.69) is 5.32 Å². The molecule has 0 saturated carbocycles. The monoisotopic (exact) mass is 307 g/mol. The highest BCUT2D eigenvalue weighted by Crippen LogP contribution is 2.38. The van der Waals surface area contributed by atoms with E-state index in [1.807, 2.05) is 67.9 Å². The third-order valence-electron chi connectivity index (χ3n) is 4.29. The number of hydrogen-bond donors (Lipinski definition) is 1. The van der Waals surface area contributed by atoms with Crippen molar-refractivity contribution in [1.82, 2.24) is 9.55 Å². The number of aromatic nitrogens is 2. The van der Waals surface area contributed by atoms with Crippen molar-refractivity contribution in [1.29, 1.82) is 0 Å². The van der Waals surface area contributed by atoms with Crippen molar-refractivity contribution in [3.05, 3.63) is 48.0 Å². The molecule has 0 unspecified atom stereocenters. The predicted octanol–water partition coefficient (Wildman–Crippen LogP) is 4.04. The van der Waals surface area contributed by atoms with Crippen LogP contribution in [0.2, 0.25) is 0 Å². The molecule has 3 aromatic rings. The molecule has 1 aliphatic heterocycles. The Morgan fingerprint density at radius 2 is 1.91 bits per heavy atom. The number of rotatable bonds is 1. The van der Waals surface area contributed by atoms with Crippen molar-refractivity contribution in [2.24, 2.45) is 7.05 Å². The summed E-state index contributed by atoms with van der Waals surface area (Å²) >= 11 is 0. The summed E-state index contributed by atoms with van der Waals surface area (Å²) in [6, 6.07) is 14.0. The number of ether oxygens (including phenoxy) is 1. The Hall–Kier alpha value is -2.82. The number of amides is 1. The summed E-state index contributed by atoms with van der Waals surface area (Å²) in [5.41, 5.74) is 3.96. The largest absolute Gasteiger partial charge is 0.438 e. The molecule has 4 rings (SSSR count). The zero-order chi connectivity index (χ0) is 16.2. The van der Waals surface area contributed by atoms with Crippen molar-refractivity contribution in [3.8, 4) is 11.4 Å². The molecule has 0 fully saturated rings. The molecule has 116 valence electrons. The summed E-state index contributed by atoms with van der Waals surface area (Å²) in [6.07, 6.45) is -0.424.